The Hall–Kier alpha value is -2.41. The predicted octanol–water partition coefficient (Wildman–Crippen LogP) is 2.92. The lowest BCUT2D eigenvalue weighted by atomic mass is 10.1. The van der Waals surface area contributed by atoms with Crippen molar-refractivity contribution in [1.82, 2.24) is 19.9 Å². The van der Waals surface area contributed by atoms with Gasteiger partial charge in [-0.25, -0.2) is 9.50 Å². The van der Waals surface area contributed by atoms with Gasteiger partial charge in [0.1, 0.15) is 10.8 Å². The molecule has 1 aromatic carbocycles. The molecule has 0 fully saturated rings. The van der Waals surface area contributed by atoms with Crippen LogP contribution in [0, 0.1) is 6.92 Å². The first-order valence-corrected chi connectivity index (χ1v) is 9.16. The fourth-order valence-corrected chi connectivity index (χ4v) is 3.53. The summed E-state index contributed by atoms with van der Waals surface area (Å²) in [5.74, 6) is 0.827. The maximum absolute atomic E-state index is 12.2. The van der Waals surface area contributed by atoms with Crippen LogP contribution in [-0.4, -0.2) is 27.6 Å². The van der Waals surface area contributed by atoms with Gasteiger partial charge in [0.2, 0.25) is 10.9 Å². The molecule has 0 aliphatic rings. The average Bonchev–Trinajstić information content (AvgIpc) is 3.15. The molecule has 0 bridgehead atoms. The van der Waals surface area contributed by atoms with Crippen molar-refractivity contribution in [2.45, 2.75) is 39.7 Å². The van der Waals surface area contributed by atoms with Crippen molar-refractivity contribution in [3.63, 3.8) is 0 Å². The van der Waals surface area contributed by atoms with Crippen LogP contribution in [0.1, 0.15) is 35.3 Å². The third-order valence-electron chi connectivity index (χ3n) is 4.07. The van der Waals surface area contributed by atoms with Crippen LogP contribution in [0.3, 0.4) is 0 Å². The molecular formula is C18H22N4O2S. The highest BCUT2D eigenvalue weighted by Crippen LogP contribution is 2.19. The lowest BCUT2D eigenvalue weighted by Crippen LogP contribution is -2.24. The molecule has 0 atom stereocenters. The number of fused-ring (bicyclic) bond motifs is 1. The lowest BCUT2D eigenvalue weighted by Gasteiger charge is -2.06. The van der Waals surface area contributed by atoms with Gasteiger partial charge < -0.3 is 10.1 Å². The van der Waals surface area contributed by atoms with Crippen LogP contribution in [0.15, 0.2) is 24.3 Å². The minimum Gasteiger partial charge on any atom is -0.497 e. The van der Waals surface area contributed by atoms with Crippen molar-refractivity contribution in [3.8, 4) is 5.75 Å². The molecule has 2 heterocycles. The van der Waals surface area contributed by atoms with Gasteiger partial charge in [-0.15, -0.1) is 0 Å². The largest absolute Gasteiger partial charge is 0.497 e. The second-order valence-corrected chi connectivity index (χ2v) is 6.86. The molecule has 2 aromatic heterocycles. The van der Waals surface area contributed by atoms with Gasteiger partial charge in [-0.3, -0.25) is 4.79 Å². The van der Waals surface area contributed by atoms with Gasteiger partial charge in [-0.2, -0.15) is 5.10 Å². The summed E-state index contributed by atoms with van der Waals surface area (Å²) in [5.41, 5.74) is 2.94. The fourth-order valence-electron chi connectivity index (χ4n) is 2.63. The van der Waals surface area contributed by atoms with Crippen LogP contribution in [0.4, 0.5) is 0 Å². The summed E-state index contributed by atoms with van der Waals surface area (Å²) in [5, 5.41) is 8.58. The van der Waals surface area contributed by atoms with Crippen molar-refractivity contribution in [2.75, 3.05) is 7.11 Å². The first-order chi connectivity index (χ1) is 12.1. The summed E-state index contributed by atoms with van der Waals surface area (Å²) in [6.07, 6.45) is 2.01. The number of rotatable bonds is 7. The summed E-state index contributed by atoms with van der Waals surface area (Å²) in [6, 6.07) is 7.79. The number of benzene rings is 1. The summed E-state index contributed by atoms with van der Waals surface area (Å²) in [6.45, 7) is 4.47. The lowest BCUT2D eigenvalue weighted by molar-refractivity contribution is -0.121. The maximum Gasteiger partial charge on any atom is 0.220 e. The van der Waals surface area contributed by atoms with Gasteiger partial charge in [0.25, 0.3) is 0 Å². The van der Waals surface area contributed by atoms with Crippen molar-refractivity contribution in [2.24, 2.45) is 0 Å². The van der Waals surface area contributed by atoms with Gasteiger partial charge in [0.05, 0.1) is 25.0 Å². The van der Waals surface area contributed by atoms with Gasteiger partial charge in [-0.05, 0) is 37.5 Å². The van der Waals surface area contributed by atoms with E-state index in [1.807, 2.05) is 35.7 Å². The molecule has 1 N–H and O–H groups in total. The van der Waals surface area contributed by atoms with E-state index in [1.165, 1.54) is 0 Å². The number of nitrogens with one attached hydrogen (secondary N) is 1. The average molecular weight is 358 g/mol. The molecule has 132 valence electrons. The van der Waals surface area contributed by atoms with Crippen molar-refractivity contribution >= 4 is 22.2 Å². The van der Waals surface area contributed by atoms with Gasteiger partial charge >= 0.3 is 0 Å². The molecule has 0 spiro atoms. The van der Waals surface area contributed by atoms with Crippen LogP contribution in [0.25, 0.3) is 4.96 Å². The number of hydrogen-bond donors (Lipinski definition) is 1. The second kappa shape index (κ2) is 7.65. The Balaban J connectivity index is 1.58. The summed E-state index contributed by atoms with van der Waals surface area (Å²) >= 11 is 1.59. The van der Waals surface area contributed by atoms with Crippen LogP contribution in [0.5, 0.6) is 5.75 Å². The molecule has 0 saturated carbocycles. The van der Waals surface area contributed by atoms with Crippen LogP contribution < -0.4 is 10.1 Å². The van der Waals surface area contributed by atoms with E-state index in [4.69, 9.17) is 4.74 Å². The standard InChI is InChI=1S/C18H22N4O2S/c1-4-17-21-22-15(12(2)20-18(22)25-17)11-19-16(23)9-8-13-6-5-7-14(10-13)24-3/h5-7,10H,4,8-9,11H2,1-3H3,(H,19,23). The van der Waals surface area contributed by atoms with Gasteiger partial charge in [0.15, 0.2) is 0 Å². The van der Waals surface area contributed by atoms with E-state index >= 15 is 0 Å². The molecule has 7 heteroatoms. The van der Waals surface area contributed by atoms with Gasteiger partial charge in [0, 0.05) is 6.42 Å². The Morgan fingerprint density at radius 3 is 3.00 bits per heavy atom. The minimum atomic E-state index is 0.0168. The number of methoxy groups -OCH3 is 1. The minimum absolute atomic E-state index is 0.0168. The molecule has 0 aliphatic carbocycles. The number of ether oxygens (including phenoxy) is 1. The molecule has 1 amide bonds. The maximum atomic E-state index is 12.2. The molecule has 0 saturated heterocycles. The number of nitrogens with zero attached hydrogens (tertiary/aromatic N) is 3. The normalized spacial score (nSPS) is 11.0. The molecule has 25 heavy (non-hydrogen) atoms. The molecule has 6 nitrogen and oxygen atoms in total. The van der Waals surface area contributed by atoms with Crippen molar-refractivity contribution in [1.29, 1.82) is 0 Å². The van der Waals surface area contributed by atoms with E-state index in [2.05, 4.69) is 22.3 Å². The molecule has 3 rings (SSSR count). The zero-order valence-electron chi connectivity index (χ0n) is 14.7. The summed E-state index contributed by atoms with van der Waals surface area (Å²) in [7, 11) is 1.64. The Morgan fingerprint density at radius 1 is 1.40 bits per heavy atom. The smallest absolute Gasteiger partial charge is 0.220 e. The zero-order chi connectivity index (χ0) is 17.8. The number of imidazole rings is 1. The molecule has 3 aromatic rings. The van der Waals surface area contributed by atoms with E-state index in [1.54, 1.807) is 18.4 Å². The predicted molar refractivity (Wildman–Crippen MR) is 98.1 cm³/mol. The molecule has 0 unspecified atom stereocenters. The highest BCUT2D eigenvalue weighted by atomic mass is 32.1. The number of amides is 1. The first kappa shape index (κ1) is 17.4. The quantitative estimate of drug-likeness (QED) is 0.705. The Kier molecular flexibility index (Phi) is 5.33. The van der Waals surface area contributed by atoms with E-state index < -0.39 is 0 Å². The summed E-state index contributed by atoms with van der Waals surface area (Å²) < 4.78 is 7.06. The van der Waals surface area contributed by atoms with E-state index in [0.717, 1.165) is 39.1 Å². The number of carbonyl (C=O) groups excluding carboxylic acids is 1. The first-order valence-electron chi connectivity index (χ1n) is 8.34. The second-order valence-electron chi connectivity index (χ2n) is 5.82. The number of aryl methyl sites for hydroxylation is 3. The molecular weight excluding hydrogens is 336 g/mol. The summed E-state index contributed by atoms with van der Waals surface area (Å²) in [4.78, 5) is 17.6. The van der Waals surface area contributed by atoms with Crippen molar-refractivity contribution < 1.29 is 9.53 Å². The Bertz CT molecular complexity index is 884. The highest BCUT2D eigenvalue weighted by Gasteiger charge is 2.14. The van der Waals surface area contributed by atoms with Crippen LogP contribution >= 0.6 is 11.3 Å². The third-order valence-corrected chi connectivity index (χ3v) is 5.12. The van der Waals surface area contributed by atoms with Crippen LogP contribution in [-0.2, 0) is 24.2 Å². The number of aromatic nitrogens is 3. The van der Waals surface area contributed by atoms with Crippen LogP contribution in [0.2, 0.25) is 0 Å². The van der Waals surface area contributed by atoms with E-state index in [0.29, 0.717) is 19.4 Å². The topological polar surface area (TPSA) is 68.5 Å². The highest BCUT2D eigenvalue weighted by molar-refractivity contribution is 7.16. The molecule has 0 radical (unpaired) electrons. The third kappa shape index (κ3) is 3.99. The van der Waals surface area contributed by atoms with Gasteiger partial charge in [-0.1, -0.05) is 30.4 Å². The van der Waals surface area contributed by atoms with E-state index in [-0.39, 0.29) is 5.91 Å². The number of hydrogen-bond acceptors (Lipinski definition) is 5. The zero-order valence-corrected chi connectivity index (χ0v) is 15.5. The monoisotopic (exact) mass is 358 g/mol. The Morgan fingerprint density at radius 2 is 2.24 bits per heavy atom. The fraction of sp³-hybridized carbons (Fsp3) is 0.389. The SMILES string of the molecule is CCc1nn2c(CNC(=O)CCc3cccc(OC)c3)c(C)nc2s1. The van der Waals surface area contributed by atoms with E-state index in [9.17, 15) is 4.79 Å². The Labute approximate surface area is 150 Å². The molecule has 0 aliphatic heterocycles. The number of carbonyl (C=O) groups is 1. The van der Waals surface area contributed by atoms with Crippen molar-refractivity contribution in [3.05, 3.63) is 46.2 Å².